The molecule has 1 heterocycles. The van der Waals surface area contributed by atoms with Gasteiger partial charge in [0.05, 0.1) is 12.8 Å². The molecule has 0 aliphatic rings. The Morgan fingerprint density at radius 2 is 1.89 bits per heavy atom. The summed E-state index contributed by atoms with van der Waals surface area (Å²) in [7, 11) is 1.69. The second-order valence-electron chi connectivity index (χ2n) is 4.46. The van der Waals surface area contributed by atoms with Crippen LogP contribution >= 0.6 is 0 Å². The second-order valence-corrected chi connectivity index (χ2v) is 4.46. The molecule has 19 heavy (non-hydrogen) atoms. The average Bonchev–Trinajstić information content (AvgIpc) is 2.41. The minimum atomic E-state index is 0.844. The molecule has 0 spiro atoms. The number of benzene rings is 1. The van der Waals surface area contributed by atoms with E-state index in [2.05, 4.69) is 28.3 Å². The number of aromatic nitrogens is 2. The summed E-state index contributed by atoms with van der Waals surface area (Å²) in [5.41, 5.74) is 4.28. The van der Waals surface area contributed by atoms with Crippen molar-refractivity contribution >= 4 is 5.82 Å². The molecule has 4 nitrogen and oxygen atoms in total. The summed E-state index contributed by atoms with van der Waals surface area (Å²) in [6.45, 7) is 6.99. The Morgan fingerprint density at radius 1 is 1.11 bits per heavy atom. The van der Waals surface area contributed by atoms with E-state index in [0.717, 1.165) is 40.5 Å². The molecule has 100 valence electrons. The van der Waals surface area contributed by atoms with E-state index < -0.39 is 0 Å². The van der Waals surface area contributed by atoms with Crippen LogP contribution in [0.25, 0.3) is 11.3 Å². The predicted octanol–water partition coefficient (Wildman–Crippen LogP) is 3.20. The van der Waals surface area contributed by atoms with Crippen molar-refractivity contribution in [3.05, 3.63) is 35.7 Å². The number of rotatable bonds is 4. The number of hydrogen-bond donors (Lipinski definition) is 1. The van der Waals surface area contributed by atoms with Crippen molar-refractivity contribution in [3.63, 3.8) is 0 Å². The van der Waals surface area contributed by atoms with Crippen LogP contribution in [0.1, 0.15) is 18.1 Å². The summed E-state index contributed by atoms with van der Waals surface area (Å²) in [5, 5.41) is 3.20. The van der Waals surface area contributed by atoms with Gasteiger partial charge in [0.2, 0.25) is 0 Å². The Kier molecular flexibility index (Phi) is 4.00. The normalized spacial score (nSPS) is 10.3. The van der Waals surface area contributed by atoms with Crippen LogP contribution in [-0.4, -0.2) is 23.6 Å². The summed E-state index contributed by atoms with van der Waals surface area (Å²) < 4.78 is 5.33. The molecule has 0 saturated heterocycles. The van der Waals surface area contributed by atoms with Gasteiger partial charge in [0.15, 0.2) is 0 Å². The summed E-state index contributed by atoms with van der Waals surface area (Å²) in [4.78, 5) is 8.55. The topological polar surface area (TPSA) is 47.0 Å². The highest BCUT2D eigenvalue weighted by Crippen LogP contribution is 2.29. The zero-order valence-electron chi connectivity index (χ0n) is 11.8. The molecule has 4 heteroatoms. The maximum Gasteiger partial charge on any atom is 0.129 e. The summed E-state index contributed by atoms with van der Waals surface area (Å²) in [5.74, 6) is 1.75. The molecule has 0 fully saturated rings. The van der Waals surface area contributed by atoms with Gasteiger partial charge in [-0.1, -0.05) is 0 Å². The van der Waals surface area contributed by atoms with Gasteiger partial charge in [0, 0.05) is 18.2 Å². The molecule has 1 aromatic heterocycles. The van der Waals surface area contributed by atoms with Crippen LogP contribution in [0.4, 0.5) is 5.82 Å². The summed E-state index contributed by atoms with van der Waals surface area (Å²) >= 11 is 0. The van der Waals surface area contributed by atoms with Crippen molar-refractivity contribution in [2.75, 3.05) is 19.0 Å². The minimum Gasteiger partial charge on any atom is -0.496 e. The molecular formula is C15H19N3O. The van der Waals surface area contributed by atoms with Gasteiger partial charge in [-0.2, -0.15) is 0 Å². The highest BCUT2D eigenvalue weighted by Gasteiger charge is 2.09. The minimum absolute atomic E-state index is 0.844. The van der Waals surface area contributed by atoms with Crippen molar-refractivity contribution in [1.82, 2.24) is 9.97 Å². The van der Waals surface area contributed by atoms with E-state index in [0.29, 0.717) is 0 Å². The third kappa shape index (κ3) is 2.84. The Bertz CT molecular complexity index is 582. The van der Waals surface area contributed by atoms with Gasteiger partial charge in [-0.05, 0) is 44.0 Å². The molecule has 0 bridgehead atoms. The lowest BCUT2D eigenvalue weighted by Crippen LogP contribution is -2.00. The third-order valence-corrected chi connectivity index (χ3v) is 3.04. The monoisotopic (exact) mass is 257 g/mol. The van der Waals surface area contributed by atoms with Gasteiger partial charge in [0.25, 0.3) is 0 Å². The first-order chi connectivity index (χ1) is 9.15. The van der Waals surface area contributed by atoms with Crippen LogP contribution in [0.2, 0.25) is 0 Å². The lowest BCUT2D eigenvalue weighted by molar-refractivity contribution is 0.411. The van der Waals surface area contributed by atoms with E-state index in [9.17, 15) is 0 Å². The number of nitrogens with one attached hydrogen (secondary N) is 1. The molecule has 1 aromatic carbocycles. The van der Waals surface area contributed by atoms with E-state index in [1.807, 2.05) is 26.0 Å². The predicted molar refractivity (Wildman–Crippen MR) is 77.7 cm³/mol. The quantitative estimate of drug-likeness (QED) is 0.913. The van der Waals surface area contributed by atoms with E-state index in [-0.39, 0.29) is 0 Å². The zero-order chi connectivity index (χ0) is 13.8. The van der Waals surface area contributed by atoms with Crippen molar-refractivity contribution in [2.24, 2.45) is 0 Å². The van der Waals surface area contributed by atoms with Crippen molar-refractivity contribution in [1.29, 1.82) is 0 Å². The third-order valence-electron chi connectivity index (χ3n) is 3.04. The van der Waals surface area contributed by atoms with Crippen LogP contribution in [0.15, 0.2) is 24.5 Å². The van der Waals surface area contributed by atoms with E-state index in [1.54, 1.807) is 13.4 Å². The second kappa shape index (κ2) is 5.69. The van der Waals surface area contributed by atoms with Crippen LogP contribution < -0.4 is 10.1 Å². The van der Waals surface area contributed by atoms with Crippen LogP contribution in [0.5, 0.6) is 5.75 Å². The van der Waals surface area contributed by atoms with Crippen LogP contribution in [0, 0.1) is 13.8 Å². The van der Waals surface area contributed by atoms with Gasteiger partial charge in [-0.3, -0.25) is 0 Å². The number of ether oxygens (including phenoxy) is 1. The molecule has 2 rings (SSSR count). The molecule has 0 aliphatic heterocycles. The number of aryl methyl sites for hydroxylation is 2. The number of anilines is 1. The van der Waals surface area contributed by atoms with Crippen molar-refractivity contribution < 1.29 is 4.74 Å². The van der Waals surface area contributed by atoms with Gasteiger partial charge < -0.3 is 10.1 Å². The smallest absolute Gasteiger partial charge is 0.129 e. The molecule has 0 amide bonds. The first-order valence-corrected chi connectivity index (χ1v) is 6.37. The number of methoxy groups -OCH3 is 1. The first kappa shape index (κ1) is 13.3. The SMILES string of the molecule is CCNc1cc(-c2cc(C)c(OC)cc2C)ncn1. The lowest BCUT2D eigenvalue weighted by atomic mass is 10.0. The Hall–Kier alpha value is -2.10. The molecular weight excluding hydrogens is 238 g/mol. The summed E-state index contributed by atoms with van der Waals surface area (Å²) in [6.07, 6.45) is 1.59. The van der Waals surface area contributed by atoms with Crippen LogP contribution in [0.3, 0.4) is 0 Å². The molecule has 0 aliphatic carbocycles. The average molecular weight is 257 g/mol. The van der Waals surface area contributed by atoms with E-state index in [4.69, 9.17) is 4.74 Å². The van der Waals surface area contributed by atoms with E-state index >= 15 is 0 Å². The Morgan fingerprint density at radius 3 is 2.58 bits per heavy atom. The Balaban J connectivity index is 2.46. The Labute approximate surface area is 113 Å². The fraction of sp³-hybridized carbons (Fsp3) is 0.333. The maximum atomic E-state index is 5.33. The first-order valence-electron chi connectivity index (χ1n) is 6.37. The zero-order valence-corrected chi connectivity index (χ0v) is 11.8. The van der Waals surface area contributed by atoms with Gasteiger partial charge in [-0.25, -0.2) is 9.97 Å². The van der Waals surface area contributed by atoms with Gasteiger partial charge in [-0.15, -0.1) is 0 Å². The molecule has 0 saturated carbocycles. The number of nitrogens with zero attached hydrogens (tertiary/aromatic N) is 2. The molecule has 0 unspecified atom stereocenters. The highest BCUT2D eigenvalue weighted by atomic mass is 16.5. The van der Waals surface area contributed by atoms with Crippen molar-refractivity contribution in [2.45, 2.75) is 20.8 Å². The highest BCUT2D eigenvalue weighted by molar-refractivity contribution is 5.68. The maximum absolute atomic E-state index is 5.33. The molecule has 1 N–H and O–H groups in total. The standard InChI is InChI=1S/C15H19N3O/c1-5-16-15-8-13(17-9-18-15)12-6-11(3)14(19-4)7-10(12)2/h6-9H,5H2,1-4H3,(H,16,17,18). The largest absolute Gasteiger partial charge is 0.496 e. The van der Waals surface area contributed by atoms with Crippen LogP contribution in [-0.2, 0) is 0 Å². The molecule has 0 atom stereocenters. The molecule has 0 radical (unpaired) electrons. The van der Waals surface area contributed by atoms with Crippen molar-refractivity contribution in [3.8, 4) is 17.0 Å². The summed E-state index contributed by atoms with van der Waals surface area (Å²) in [6, 6.07) is 6.11. The fourth-order valence-electron chi connectivity index (χ4n) is 2.07. The number of hydrogen-bond acceptors (Lipinski definition) is 4. The molecule has 2 aromatic rings. The van der Waals surface area contributed by atoms with Gasteiger partial charge >= 0.3 is 0 Å². The van der Waals surface area contributed by atoms with Gasteiger partial charge in [0.1, 0.15) is 17.9 Å². The fourth-order valence-corrected chi connectivity index (χ4v) is 2.07. The van der Waals surface area contributed by atoms with E-state index in [1.165, 1.54) is 0 Å². The lowest BCUT2D eigenvalue weighted by Gasteiger charge is -2.11.